The second-order valence-electron chi connectivity index (χ2n) is 4.38. The first-order valence-corrected chi connectivity index (χ1v) is 6.13. The number of aryl methyl sites for hydroxylation is 1. The van der Waals surface area contributed by atoms with Crippen LogP contribution in [0.15, 0.2) is 18.2 Å². The quantitative estimate of drug-likeness (QED) is 0.742. The fraction of sp³-hybridized carbons (Fsp3) is 0.571. The van der Waals surface area contributed by atoms with Crippen molar-refractivity contribution in [1.29, 1.82) is 0 Å². The van der Waals surface area contributed by atoms with Gasteiger partial charge in [0.2, 0.25) is 0 Å². The number of nitrogens with two attached hydrogens (primary N) is 1. The average Bonchev–Trinajstić information content (AvgIpc) is 2.30. The van der Waals surface area contributed by atoms with Crippen LogP contribution in [0.4, 0.5) is 0 Å². The van der Waals surface area contributed by atoms with Crippen molar-refractivity contribution in [1.82, 2.24) is 0 Å². The summed E-state index contributed by atoms with van der Waals surface area (Å²) in [5, 5.41) is 0. The summed E-state index contributed by atoms with van der Waals surface area (Å²) in [6.45, 7) is 5.55. The molecule has 1 rings (SSSR count). The lowest BCUT2D eigenvalue weighted by Gasteiger charge is -2.14. The zero-order chi connectivity index (χ0) is 12.7. The van der Waals surface area contributed by atoms with Crippen LogP contribution in [0.3, 0.4) is 0 Å². The minimum atomic E-state index is 0.00359. The van der Waals surface area contributed by atoms with E-state index in [4.69, 9.17) is 15.2 Å². The molecule has 0 saturated carbocycles. The molecule has 0 heterocycles. The third-order valence-corrected chi connectivity index (χ3v) is 2.66. The van der Waals surface area contributed by atoms with E-state index in [1.54, 1.807) is 7.11 Å². The van der Waals surface area contributed by atoms with Crippen LogP contribution < -0.4 is 10.5 Å². The van der Waals surface area contributed by atoms with E-state index in [9.17, 15) is 0 Å². The molecular formula is C14H23NO2. The van der Waals surface area contributed by atoms with Gasteiger partial charge < -0.3 is 15.2 Å². The van der Waals surface area contributed by atoms with Crippen LogP contribution in [0.2, 0.25) is 0 Å². The van der Waals surface area contributed by atoms with Crippen LogP contribution >= 0.6 is 0 Å². The molecule has 0 unspecified atom stereocenters. The van der Waals surface area contributed by atoms with E-state index in [0.717, 1.165) is 30.8 Å². The Morgan fingerprint density at radius 3 is 2.59 bits per heavy atom. The standard InChI is InChI=1S/C14H23NO2/c1-11-6-7-14(13(10-11)12(2)15)17-9-5-4-8-16-3/h6-7,10,12H,4-5,8-9,15H2,1-3H3/t12-/m0/s1. The second kappa shape index (κ2) is 7.30. The molecule has 3 nitrogen and oxygen atoms in total. The topological polar surface area (TPSA) is 44.5 Å². The van der Waals surface area contributed by atoms with E-state index in [-0.39, 0.29) is 6.04 Å². The lowest BCUT2D eigenvalue weighted by molar-refractivity contribution is 0.184. The summed E-state index contributed by atoms with van der Waals surface area (Å²) in [5.74, 6) is 0.906. The summed E-state index contributed by atoms with van der Waals surface area (Å²) in [6.07, 6.45) is 2.02. The Balaban J connectivity index is 2.52. The highest BCUT2D eigenvalue weighted by Gasteiger charge is 2.08. The maximum atomic E-state index is 5.94. The van der Waals surface area contributed by atoms with Crippen LogP contribution in [0, 0.1) is 6.92 Å². The van der Waals surface area contributed by atoms with Crippen molar-refractivity contribution < 1.29 is 9.47 Å². The van der Waals surface area contributed by atoms with Gasteiger partial charge in [-0.2, -0.15) is 0 Å². The van der Waals surface area contributed by atoms with Gasteiger partial charge in [0.15, 0.2) is 0 Å². The van der Waals surface area contributed by atoms with Gasteiger partial charge in [0.1, 0.15) is 5.75 Å². The molecule has 0 fully saturated rings. The number of ether oxygens (including phenoxy) is 2. The smallest absolute Gasteiger partial charge is 0.124 e. The predicted molar refractivity (Wildman–Crippen MR) is 70.4 cm³/mol. The Morgan fingerprint density at radius 1 is 1.24 bits per heavy atom. The van der Waals surface area contributed by atoms with Crippen LogP contribution in [-0.2, 0) is 4.74 Å². The highest BCUT2D eigenvalue weighted by Crippen LogP contribution is 2.25. The van der Waals surface area contributed by atoms with E-state index in [1.165, 1.54) is 5.56 Å². The van der Waals surface area contributed by atoms with E-state index < -0.39 is 0 Å². The molecular weight excluding hydrogens is 214 g/mol. The number of hydrogen-bond donors (Lipinski definition) is 1. The van der Waals surface area contributed by atoms with Gasteiger partial charge in [0.05, 0.1) is 6.61 Å². The molecule has 1 aromatic carbocycles. The monoisotopic (exact) mass is 237 g/mol. The lowest BCUT2D eigenvalue weighted by Crippen LogP contribution is -2.09. The molecule has 1 atom stereocenters. The fourth-order valence-corrected chi connectivity index (χ4v) is 1.69. The minimum absolute atomic E-state index is 0.00359. The Hall–Kier alpha value is -1.06. The Kier molecular flexibility index (Phi) is 6.01. The van der Waals surface area contributed by atoms with Crippen LogP contribution in [0.1, 0.15) is 36.9 Å². The van der Waals surface area contributed by atoms with E-state index in [0.29, 0.717) is 6.61 Å². The molecule has 0 aromatic heterocycles. The first-order valence-electron chi connectivity index (χ1n) is 6.13. The molecule has 0 aliphatic rings. The van der Waals surface area contributed by atoms with Gasteiger partial charge in [-0.3, -0.25) is 0 Å². The number of rotatable bonds is 7. The molecule has 0 bridgehead atoms. The van der Waals surface area contributed by atoms with E-state index in [1.807, 2.05) is 13.0 Å². The second-order valence-corrected chi connectivity index (χ2v) is 4.38. The molecule has 2 N–H and O–H groups in total. The fourth-order valence-electron chi connectivity index (χ4n) is 1.69. The number of hydrogen-bond acceptors (Lipinski definition) is 3. The predicted octanol–water partition coefficient (Wildman–Crippen LogP) is 2.82. The molecule has 0 aliphatic carbocycles. The third kappa shape index (κ3) is 4.75. The summed E-state index contributed by atoms with van der Waals surface area (Å²) in [5.41, 5.74) is 8.23. The van der Waals surface area contributed by atoms with Crippen molar-refractivity contribution in [3.63, 3.8) is 0 Å². The zero-order valence-corrected chi connectivity index (χ0v) is 11.0. The van der Waals surface area contributed by atoms with Crippen molar-refractivity contribution in [2.45, 2.75) is 32.7 Å². The Morgan fingerprint density at radius 2 is 1.94 bits per heavy atom. The van der Waals surface area contributed by atoms with Crippen molar-refractivity contribution in [2.24, 2.45) is 5.73 Å². The summed E-state index contributed by atoms with van der Waals surface area (Å²) < 4.78 is 10.8. The van der Waals surface area contributed by atoms with Gasteiger partial charge in [-0.15, -0.1) is 0 Å². The number of unbranched alkanes of at least 4 members (excludes halogenated alkanes) is 1. The Bertz CT molecular complexity index is 337. The number of methoxy groups -OCH3 is 1. The normalized spacial score (nSPS) is 12.5. The van der Waals surface area contributed by atoms with Crippen LogP contribution in [0.25, 0.3) is 0 Å². The van der Waals surface area contributed by atoms with Gasteiger partial charge in [0, 0.05) is 25.3 Å². The molecule has 1 aromatic rings. The molecule has 17 heavy (non-hydrogen) atoms. The molecule has 0 saturated heterocycles. The highest BCUT2D eigenvalue weighted by molar-refractivity contribution is 5.38. The van der Waals surface area contributed by atoms with Crippen molar-refractivity contribution in [3.05, 3.63) is 29.3 Å². The van der Waals surface area contributed by atoms with Crippen molar-refractivity contribution in [3.8, 4) is 5.75 Å². The van der Waals surface area contributed by atoms with Crippen molar-refractivity contribution >= 4 is 0 Å². The molecule has 96 valence electrons. The summed E-state index contributed by atoms with van der Waals surface area (Å²) in [7, 11) is 1.72. The largest absolute Gasteiger partial charge is 0.493 e. The SMILES string of the molecule is COCCCCOc1ccc(C)cc1[C@H](C)N. The zero-order valence-electron chi connectivity index (χ0n) is 11.0. The number of benzene rings is 1. The van der Waals surface area contributed by atoms with Crippen LogP contribution in [-0.4, -0.2) is 20.3 Å². The highest BCUT2D eigenvalue weighted by atomic mass is 16.5. The Labute approximate surface area is 104 Å². The van der Waals surface area contributed by atoms with Crippen LogP contribution in [0.5, 0.6) is 5.75 Å². The average molecular weight is 237 g/mol. The third-order valence-electron chi connectivity index (χ3n) is 2.66. The van der Waals surface area contributed by atoms with Gasteiger partial charge in [-0.25, -0.2) is 0 Å². The first-order chi connectivity index (χ1) is 8.15. The van der Waals surface area contributed by atoms with Gasteiger partial charge in [-0.05, 0) is 32.8 Å². The lowest BCUT2D eigenvalue weighted by atomic mass is 10.1. The summed E-state index contributed by atoms with van der Waals surface area (Å²) in [4.78, 5) is 0. The van der Waals surface area contributed by atoms with Gasteiger partial charge >= 0.3 is 0 Å². The molecule has 3 heteroatoms. The van der Waals surface area contributed by atoms with E-state index in [2.05, 4.69) is 19.1 Å². The van der Waals surface area contributed by atoms with E-state index >= 15 is 0 Å². The molecule has 0 amide bonds. The first kappa shape index (κ1) is 14.0. The molecule has 0 aliphatic heterocycles. The minimum Gasteiger partial charge on any atom is -0.493 e. The molecule has 0 radical (unpaired) electrons. The van der Waals surface area contributed by atoms with Gasteiger partial charge in [-0.1, -0.05) is 17.7 Å². The summed E-state index contributed by atoms with van der Waals surface area (Å²) >= 11 is 0. The maximum absolute atomic E-state index is 5.94. The van der Waals surface area contributed by atoms with Gasteiger partial charge in [0.25, 0.3) is 0 Å². The maximum Gasteiger partial charge on any atom is 0.124 e. The molecule has 0 spiro atoms. The van der Waals surface area contributed by atoms with Crippen molar-refractivity contribution in [2.75, 3.05) is 20.3 Å². The summed E-state index contributed by atoms with van der Waals surface area (Å²) in [6, 6.07) is 6.15.